The molecular formula is C14H20Cl3N. The maximum Gasteiger partial charge on any atom is 0.0465 e. The van der Waals surface area contributed by atoms with Gasteiger partial charge in [0.15, 0.2) is 0 Å². The highest BCUT2D eigenvalue weighted by Gasteiger charge is 2.16. The summed E-state index contributed by atoms with van der Waals surface area (Å²) in [4.78, 5) is 0. The minimum Gasteiger partial charge on any atom is -0.311 e. The van der Waals surface area contributed by atoms with Crippen molar-refractivity contribution in [3.05, 3.63) is 33.8 Å². The van der Waals surface area contributed by atoms with E-state index in [0.29, 0.717) is 16.6 Å². The lowest BCUT2D eigenvalue weighted by atomic mass is 9.90. The molecule has 102 valence electrons. The zero-order valence-corrected chi connectivity index (χ0v) is 13.3. The summed E-state index contributed by atoms with van der Waals surface area (Å²) in [5.41, 5.74) is 1.18. The number of halogens is 3. The van der Waals surface area contributed by atoms with Crippen LogP contribution in [0.1, 0.15) is 32.8 Å². The molecular weight excluding hydrogens is 289 g/mol. The number of hydrogen-bond donors (Lipinski definition) is 1. The first-order chi connectivity index (χ1) is 8.29. The first kappa shape index (κ1) is 16.1. The van der Waals surface area contributed by atoms with E-state index in [1.807, 2.05) is 18.2 Å². The smallest absolute Gasteiger partial charge is 0.0465 e. The van der Waals surface area contributed by atoms with E-state index >= 15 is 0 Å². The molecule has 1 nitrogen and oxygen atoms in total. The summed E-state index contributed by atoms with van der Waals surface area (Å²) < 4.78 is 0. The van der Waals surface area contributed by atoms with Crippen LogP contribution in [-0.4, -0.2) is 11.9 Å². The molecule has 1 rings (SSSR count). The van der Waals surface area contributed by atoms with Crippen molar-refractivity contribution in [3.8, 4) is 0 Å². The highest BCUT2D eigenvalue weighted by molar-refractivity contribution is 6.35. The van der Waals surface area contributed by atoms with E-state index in [-0.39, 0.29) is 10.8 Å². The molecule has 4 heteroatoms. The van der Waals surface area contributed by atoms with E-state index in [1.165, 1.54) is 0 Å². The Balaban J connectivity index is 2.42. The fourth-order valence-electron chi connectivity index (χ4n) is 1.79. The van der Waals surface area contributed by atoms with Crippen LogP contribution in [-0.2, 0) is 6.54 Å². The Morgan fingerprint density at radius 2 is 1.72 bits per heavy atom. The molecule has 0 spiro atoms. The van der Waals surface area contributed by atoms with Crippen molar-refractivity contribution in [1.29, 1.82) is 0 Å². The topological polar surface area (TPSA) is 12.0 Å². The van der Waals surface area contributed by atoms with Gasteiger partial charge in [-0.25, -0.2) is 0 Å². The summed E-state index contributed by atoms with van der Waals surface area (Å²) in [6.07, 6.45) is 0.970. The molecule has 18 heavy (non-hydrogen) atoms. The van der Waals surface area contributed by atoms with Gasteiger partial charge in [-0.3, -0.25) is 0 Å². The lowest BCUT2D eigenvalue weighted by Gasteiger charge is -2.22. The monoisotopic (exact) mass is 307 g/mol. The van der Waals surface area contributed by atoms with Gasteiger partial charge in [-0.05, 0) is 24.0 Å². The molecule has 0 aliphatic heterocycles. The van der Waals surface area contributed by atoms with Crippen LogP contribution in [0.4, 0.5) is 0 Å². The van der Waals surface area contributed by atoms with E-state index in [1.54, 1.807) is 0 Å². The van der Waals surface area contributed by atoms with Crippen molar-refractivity contribution in [3.63, 3.8) is 0 Å². The quantitative estimate of drug-likeness (QED) is 0.744. The SMILES string of the molecule is CC(C)(C)CC(Cl)CNCc1c(Cl)cccc1Cl. The van der Waals surface area contributed by atoms with Crippen LogP contribution in [0.3, 0.4) is 0 Å². The van der Waals surface area contributed by atoms with Crippen LogP contribution in [0, 0.1) is 5.41 Å². The third-order valence-electron chi connectivity index (χ3n) is 2.56. The molecule has 1 aromatic carbocycles. The largest absolute Gasteiger partial charge is 0.311 e. The molecule has 0 saturated heterocycles. The minimum atomic E-state index is 0.117. The molecule has 0 aromatic heterocycles. The number of benzene rings is 1. The first-order valence-corrected chi connectivity index (χ1v) is 7.26. The predicted octanol–water partition coefficient (Wildman–Crippen LogP) is 5.13. The number of nitrogens with one attached hydrogen (secondary N) is 1. The van der Waals surface area contributed by atoms with Crippen molar-refractivity contribution in [1.82, 2.24) is 5.32 Å². The lowest BCUT2D eigenvalue weighted by Crippen LogP contribution is -2.26. The molecule has 1 unspecified atom stereocenters. The summed E-state index contributed by atoms with van der Waals surface area (Å²) in [6, 6.07) is 5.54. The van der Waals surface area contributed by atoms with Crippen molar-refractivity contribution < 1.29 is 0 Å². The lowest BCUT2D eigenvalue weighted by molar-refractivity contribution is 0.364. The van der Waals surface area contributed by atoms with Crippen LogP contribution in [0.15, 0.2) is 18.2 Å². The third-order valence-corrected chi connectivity index (χ3v) is 3.58. The number of alkyl halides is 1. The van der Waals surface area contributed by atoms with Gasteiger partial charge >= 0.3 is 0 Å². The Labute approximate surface area is 125 Å². The summed E-state index contributed by atoms with van der Waals surface area (Å²) in [7, 11) is 0. The van der Waals surface area contributed by atoms with Crippen LogP contribution in [0.2, 0.25) is 10.0 Å². The van der Waals surface area contributed by atoms with E-state index in [0.717, 1.165) is 18.5 Å². The van der Waals surface area contributed by atoms with Gasteiger partial charge in [0.1, 0.15) is 0 Å². The predicted molar refractivity (Wildman–Crippen MR) is 81.9 cm³/mol. The van der Waals surface area contributed by atoms with Gasteiger partial charge in [0, 0.05) is 34.1 Å². The molecule has 0 aliphatic rings. The second-order valence-corrected chi connectivity index (χ2v) is 7.12. The molecule has 1 atom stereocenters. The zero-order valence-electron chi connectivity index (χ0n) is 11.1. The van der Waals surface area contributed by atoms with Gasteiger partial charge in [-0.15, -0.1) is 11.6 Å². The Bertz CT molecular complexity index is 365. The van der Waals surface area contributed by atoms with Crippen LogP contribution >= 0.6 is 34.8 Å². The minimum absolute atomic E-state index is 0.117. The molecule has 1 aromatic rings. The van der Waals surface area contributed by atoms with Crippen molar-refractivity contribution in [2.75, 3.05) is 6.54 Å². The Kier molecular flexibility index (Phi) is 6.26. The van der Waals surface area contributed by atoms with E-state index in [2.05, 4.69) is 26.1 Å². The highest BCUT2D eigenvalue weighted by Crippen LogP contribution is 2.25. The van der Waals surface area contributed by atoms with Crippen molar-refractivity contribution in [2.24, 2.45) is 5.41 Å². The number of rotatable bonds is 5. The number of hydrogen-bond acceptors (Lipinski definition) is 1. The highest BCUT2D eigenvalue weighted by atomic mass is 35.5. The van der Waals surface area contributed by atoms with E-state index < -0.39 is 0 Å². The van der Waals surface area contributed by atoms with Crippen molar-refractivity contribution >= 4 is 34.8 Å². The fraction of sp³-hybridized carbons (Fsp3) is 0.571. The van der Waals surface area contributed by atoms with E-state index in [4.69, 9.17) is 34.8 Å². The Morgan fingerprint density at radius 1 is 1.17 bits per heavy atom. The maximum atomic E-state index is 6.28. The Hall–Kier alpha value is 0.0500. The van der Waals surface area contributed by atoms with Gasteiger partial charge < -0.3 is 5.32 Å². The van der Waals surface area contributed by atoms with Gasteiger partial charge in [-0.2, -0.15) is 0 Å². The molecule has 1 N–H and O–H groups in total. The second-order valence-electron chi connectivity index (χ2n) is 5.69. The third kappa shape index (κ3) is 5.79. The van der Waals surface area contributed by atoms with E-state index in [9.17, 15) is 0 Å². The molecule has 0 fully saturated rings. The molecule has 0 saturated carbocycles. The molecule has 0 aliphatic carbocycles. The first-order valence-electron chi connectivity index (χ1n) is 6.07. The molecule has 0 heterocycles. The van der Waals surface area contributed by atoms with Gasteiger partial charge in [0.25, 0.3) is 0 Å². The summed E-state index contributed by atoms with van der Waals surface area (Å²) >= 11 is 18.5. The summed E-state index contributed by atoms with van der Waals surface area (Å²) in [5.74, 6) is 0. The molecule has 0 amide bonds. The van der Waals surface area contributed by atoms with Gasteiger partial charge in [-0.1, -0.05) is 50.0 Å². The standard InChI is InChI=1S/C14H20Cl3N/c1-14(2,3)7-10(15)8-18-9-11-12(16)5-4-6-13(11)17/h4-6,10,18H,7-9H2,1-3H3. The second kappa shape index (κ2) is 7.00. The molecule has 0 radical (unpaired) electrons. The summed E-state index contributed by atoms with van der Waals surface area (Å²) in [6.45, 7) is 7.96. The van der Waals surface area contributed by atoms with Gasteiger partial charge in [0.05, 0.1) is 0 Å². The van der Waals surface area contributed by atoms with Crippen LogP contribution in [0.25, 0.3) is 0 Å². The fourth-order valence-corrected chi connectivity index (χ4v) is 2.89. The maximum absolute atomic E-state index is 6.28. The van der Waals surface area contributed by atoms with Crippen LogP contribution < -0.4 is 5.32 Å². The van der Waals surface area contributed by atoms with Gasteiger partial charge in [0.2, 0.25) is 0 Å². The Morgan fingerprint density at radius 3 is 2.22 bits per heavy atom. The average molecular weight is 309 g/mol. The van der Waals surface area contributed by atoms with Crippen molar-refractivity contribution in [2.45, 2.75) is 39.1 Å². The summed E-state index contributed by atoms with van der Waals surface area (Å²) in [5, 5.41) is 4.81. The average Bonchev–Trinajstić information content (AvgIpc) is 2.19. The normalized spacial score (nSPS) is 13.7. The van der Waals surface area contributed by atoms with Crippen LogP contribution in [0.5, 0.6) is 0 Å². The zero-order chi connectivity index (χ0) is 13.8. The molecule has 0 bridgehead atoms.